The SMILES string of the molecule is Cl.O=C(c1cc2ccccc2oc1=O)N1CCC2(CCNCC2)CC1. The summed E-state index contributed by atoms with van der Waals surface area (Å²) >= 11 is 0. The second-order valence-corrected chi connectivity index (χ2v) is 7.03. The molecule has 6 heteroatoms. The number of hydrogen-bond acceptors (Lipinski definition) is 4. The van der Waals surface area contributed by atoms with E-state index in [4.69, 9.17) is 4.42 Å². The first kappa shape index (κ1) is 18.0. The molecule has 5 nitrogen and oxygen atoms in total. The van der Waals surface area contributed by atoms with E-state index in [-0.39, 0.29) is 23.9 Å². The quantitative estimate of drug-likeness (QED) is 0.792. The van der Waals surface area contributed by atoms with Gasteiger partial charge in [0.25, 0.3) is 5.91 Å². The number of rotatable bonds is 1. The Morgan fingerprint density at radius 3 is 2.48 bits per heavy atom. The minimum atomic E-state index is -0.541. The standard InChI is InChI=1S/C19H22N2O3.ClH/c22-17(15-13-14-3-1-2-4-16(14)24-18(15)23)21-11-7-19(8-12-21)5-9-20-10-6-19;/h1-4,13,20H,5-12H2;1H. The second kappa shape index (κ2) is 7.18. The van der Waals surface area contributed by atoms with Crippen molar-refractivity contribution < 1.29 is 9.21 Å². The fourth-order valence-corrected chi connectivity index (χ4v) is 4.02. The monoisotopic (exact) mass is 362 g/mol. The molecule has 3 heterocycles. The van der Waals surface area contributed by atoms with Gasteiger partial charge in [-0.1, -0.05) is 18.2 Å². The number of likely N-dealkylation sites (tertiary alicyclic amines) is 1. The van der Waals surface area contributed by atoms with Crippen LogP contribution in [-0.2, 0) is 0 Å². The fourth-order valence-electron chi connectivity index (χ4n) is 4.02. The molecule has 1 aromatic carbocycles. The molecule has 0 radical (unpaired) electrons. The maximum absolute atomic E-state index is 12.8. The van der Waals surface area contributed by atoms with Crippen molar-refractivity contribution in [3.8, 4) is 0 Å². The number of hydrogen-bond donors (Lipinski definition) is 1. The third kappa shape index (κ3) is 3.44. The van der Waals surface area contributed by atoms with Crippen LogP contribution in [0.1, 0.15) is 36.0 Å². The third-order valence-corrected chi connectivity index (χ3v) is 5.65. The Kier molecular flexibility index (Phi) is 5.16. The van der Waals surface area contributed by atoms with Gasteiger partial charge in [-0.25, -0.2) is 4.79 Å². The van der Waals surface area contributed by atoms with Crippen LogP contribution in [0.15, 0.2) is 39.5 Å². The first-order valence-electron chi connectivity index (χ1n) is 8.70. The van der Waals surface area contributed by atoms with Gasteiger partial charge in [-0.2, -0.15) is 0 Å². The molecule has 4 rings (SSSR count). The molecule has 134 valence electrons. The molecule has 1 amide bonds. The third-order valence-electron chi connectivity index (χ3n) is 5.65. The number of fused-ring (bicyclic) bond motifs is 1. The molecular formula is C19H23ClN2O3. The Bertz CT molecular complexity index is 817. The molecule has 0 bridgehead atoms. The van der Waals surface area contributed by atoms with Gasteiger partial charge in [0.1, 0.15) is 11.1 Å². The molecule has 1 N–H and O–H groups in total. The molecular weight excluding hydrogens is 340 g/mol. The zero-order valence-corrected chi connectivity index (χ0v) is 14.9. The Hall–Kier alpha value is -1.85. The highest BCUT2D eigenvalue weighted by Gasteiger charge is 2.37. The summed E-state index contributed by atoms with van der Waals surface area (Å²) in [4.78, 5) is 26.8. The Labute approximate surface area is 152 Å². The lowest BCUT2D eigenvalue weighted by Crippen LogP contribution is -2.47. The van der Waals surface area contributed by atoms with E-state index >= 15 is 0 Å². The summed E-state index contributed by atoms with van der Waals surface area (Å²) in [6.45, 7) is 3.60. The maximum atomic E-state index is 12.8. The number of benzene rings is 1. The zero-order chi connectivity index (χ0) is 16.6. The van der Waals surface area contributed by atoms with Crippen LogP contribution in [0.3, 0.4) is 0 Å². The molecule has 2 fully saturated rings. The fraction of sp³-hybridized carbons (Fsp3) is 0.474. The molecule has 2 aromatic rings. The van der Waals surface area contributed by atoms with Gasteiger partial charge in [-0.3, -0.25) is 4.79 Å². The minimum Gasteiger partial charge on any atom is -0.422 e. The summed E-state index contributed by atoms with van der Waals surface area (Å²) in [5.74, 6) is -0.196. The van der Waals surface area contributed by atoms with Gasteiger partial charge in [-0.15, -0.1) is 12.4 Å². The van der Waals surface area contributed by atoms with E-state index in [2.05, 4.69) is 5.32 Å². The van der Waals surface area contributed by atoms with Gasteiger partial charge in [0, 0.05) is 18.5 Å². The normalized spacial score (nSPS) is 19.6. The molecule has 2 aliphatic rings. The van der Waals surface area contributed by atoms with Gasteiger partial charge in [0.2, 0.25) is 0 Å². The van der Waals surface area contributed by atoms with Crippen LogP contribution in [0.2, 0.25) is 0 Å². The number of carbonyl (C=O) groups excluding carboxylic acids is 1. The minimum absolute atomic E-state index is 0. The second-order valence-electron chi connectivity index (χ2n) is 7.03. The predicted octanol–water partition coefficient (Wildman–Crippen LogP) is 2.82. The summed E-state index contributed by atoms with van der Waals surface area (Å²) in [6.07, 6.45) is 4.43. The van der Waals surface area contributed by atoms with Crippen molar-refractivity contribution >= 4 is 29.3 Å². The highest BCUT2D eigenvalue weighted by molar-refractivity contribution is 5.96. The van der Waals surface area contributed by atoms with Gasteiger partial charge < -0.3 is 14.6 Å². The molecule has 0 atom stereocenters. The van der Waals surface area contributed by atoms with E-state index in [9.17, 15) is 9.59 Å². The Balaban J connectivity index is 0.00000182. The highest BCUT2D eigenvalue weighted by Crippen LogP contribution is 2.39. The molecule has 0 saturated carbocycles. The Morgan fingerprint density at radius 1 is 1.08 bits per heavy atom. The van der Waals surface area contributed by atoms with E-state index < -0.39 is 5.63 Å². The van der Waals surface area contributed by atoms with Gasteiger partial charge in [0.05, 0.1) is 0 Å². The van der Waals surface area contributed by atoms with Gasteiger partial charge in [0.15, 0.2) is 0 Å². The topological polar surface area (TPSA) is 62.6 Å². The molecule has 25 heavy (non-hydrogen) atoms. The van der Waals surface area contributed by atoms with Crippen molar-refractivity contribution in [1.29, 1.82) is 0 Å². The van der Waals surface area contributed by atoms with E-state index in [1.165, 1.54) is 12.8 Å². The van der Waals surface area contributed by atoms with Crippen molar-refractivity contribution in [1.82, 2.24) is 10.2 Å². The van der Waals surface area contributed by atoms with Crippen LogP contribution in [0.5, 0.6) is 0 Å². The smallest absolute Gasteiger partial charge is 0.349 e. The summed E-state index contributed by atoms with van der Waals surface area (Å²) in [6, 6.07) is 8.95. The summed E-state index contributed by atoms with van der Waals surface area (Å²) in [5.41, 5.74) is 0.512. The zero-order valence-electron chi connectivity index (χ0n) is 14.1. The average Bonchev–Trinajstić information content (AvgIpc) is 2.62. The van der Waals surface area contributed by atoms with E-state index in [1.54, 1.807) is 12.1 Å². The predicted molar refractivity (Wildman–Crippen MR) is 99.4 cm³/mol. The van der Waals surface area contributed by atoms with E-state index in [0.29, 0.717) is 11.0 Å². The van der Waals surface area contributed by atoms with Crippen LogP contribution in [0, 0.1) is 5.41 Å². The molecule has 1 aromatic heterocycles. The molecule has 2 saturated heterocycles. The first-order valence-corrected chi connectivity index (χ1v) is 8.70. The molecule has 2 aliphatic heterocycles. The van der Waals surface area contributed by atoms with Crippen molar-refractivity contribution in [3.63, 3.8) is 0 Å². The lowest BCUT2D eigenvalue weighted by Gasteiger charge is -2.44. The van der Waals surface area contributed by atoms with Crippen molar-refractivity contribution in [2.24, 2.45) is 5.41 Å². The first-order chi connectivity index (χ1) is 11.7. The van der Waals surface area contributed by atoms with Crippen LogP contribution < -0.4 is 10.9 Å². The molecule has 0 unspecified atom stereocenters. The van der Waals surface area contributed by atoms with Crippen molar-refractivity contribution in [3.05, 3.63) is 46.3 Å². The Morgan fingerprint density at radius 2 is 1.76 bits per heavy atom. The van der Waals surface area contributed by atoms with Crippen molar-refractivity contribution in [2.45, 2.75) is 25.7 Å². The number of nitrogens with one attached hydrogen (secondary N) is 1. The van der Waals surface area contributed by atoms with Crippen LogP contribution in [0.4, 0.5) is 0 Å². The summed E-state index contributed by atoms with van der Waals surface area (Å²) in [5, 5.41) is 4.19. The number of amides is 1. The average molecular weight is 363 g/mol. The lowest BCUT2D eigenvalue weighted by molar-refractivity contribution is 0.0492. The van der Waals surface area contributed by atoms with Gasteiger partial charge >= 0.3 is 5.63 Å². The number of para-hydroxylation sites is 1. The summed E-state index contributed by atoms with van der Waals surface area (Å²) in [7, 11) is 0. The highest BCUT2D eigenvalue weighted by atomic mass is 35.5. The number of nitrogens with zero attached hydrogens (tertiary/aromatic N) is 1. The number of halogens is 1. The van der Waals surface area contributed by atoms with Crippen LogP contribution in [0.25, 0.3) is 11.0 Å². The van der Waals surface area contributed by atoms with E-state index in [1.807, 2.05) is 23.1 Å². The van der Waals surface area contributed by atoms with Crippen LogP contribution in [-0.4, -0.2) is 37.0 Å². The summed E-state index contributed by atoms with van der Waals surface area (Å²) < 4.78 is 5.30. The van der Waals surface area contributed by atoms with Gasteiger partial charge in [-0.05, 0) is 56.3 Å². The maximum Gasteiger partial charge on any atom is 0.349 e. The largest absolute Gasteiger partial charge is 0.422 e. The lowest BCUT2D eigenvalue weighted by atomic mass is 9.71. The molecule has 1 spiro atoms. The van der Waals surface area contributed by atoms with Crippen molar-refractivity contribution in [2.75, 3.05) is 26.2 Å². The van der Waals surface area contributed by atoms with Crippen LogP contribution >= 0.6 is 12.4 Å². The number of piperidine rings is 2. The number of carbonyl (C=O) groups is 1. The molecule has 0 aliphatic carbocycles. The van der Waals surface area contributed by atoms with E-state index in [0.717, 1.165) is 44.4 Å².